The monoisotopic (exact) mass is 416 g/mol. The van der Waals surface area contributed by atoms with Gasteiger partial charge in [0.2, 0.25) is 0 Å². The van der Waals surface area contributed by atoms with Gasteiger partial charge in [-0.1, -0.05) is 0 Å². The fraction of sp³-hybridized carbons (Fsp3) is 0.600. The number of hydrogen-bond donors (Lipinski definition) is 0. The molecule has 1 aliphatic rings. The second-order valence-electron chi connectivity index (χ2n) is 6.28. The average molecular weight is 415 g/mol. The van der Waals surface area contributed by atoms with Gasteiger partial charge in [-0.25, -0.2) is 0 Å². The van der Waals surface area contributed by atoms with Gasteiger partial charge in [-0.3, -0.25) is 0 Å². The van der Waals surface area contributed by atoms with Crippen molar-refractivity contribution in [1.82, 2.24) is 0 Å². The van der Waals surface area contributed by atoms with Gasteiger partial charge >= 0.3 is 142 Å². The Bertz CT molecular complexity index is 468. The summed E-state index contributed by atoms with van der Waals surface area (Å²) in [6, 6.07) is 0. The molecule has 0 saturated carbocycles. The molecular formula is C15H30GeO3Si3. The Kier molecular flexibility index (Phi) is 6.73. The van der Waals surface area contributed by atoms with Crippen molar-refractivity contribution in [2.24, 2.45) is 0 Å². The van der Waals surface area contributed by atoms with Crippen molar-refractivity contribution in [3.8, 4) is 10.3 Å². The van der Waals surface area contributed by atoms with Crippen LogP contribution in [0.2, 0.25) is 35.4 Å². The standard InChI is InChI=1S/C15H30GeO3Si3/c1-9-16(10-2,11-3)14-15-22(8)18-20(6,12-4)17-21(7,13-5)19-22/h12-13H,4-5,9-11H2,1-3,6-8H3. The van der Waals surface area contributed by atoms with Gasteiger partial charge in [0, 0.05) is 0 Å². The molecule has 1 fully saturated rings. The molecule has 2 unspecified atom stereocenters. The normalized spacial score (nSPS) is 35.4. The van der Waals surface area contributed by atoms with Crippen LogP contribution in [0.5, 0.6) is 0 Å². The molecule has 0 bridgehead atoms. The molecule has 0 amide bonds. The molecular weight excluding hydrogens is 385 g/mol. The first-order valence-corrected chi connectivity index (χ1v) is 20.7. The van der Waals surface area contributed by atoms with E-state index in [1.807, 2.05) is 24.5 Å². The zero-order valence-electron chi connectivity index (χ0n) is 14.9. The first-order valence-electron chi connectivity index (χ1n) is 8.05. The summed E-state index contributed by atoms with van der Waals surface area (Å²) in [4.78, 5) is 0. The fourth-order valence-electron chi connectivity index (χ4n) is 2.72. The van der Waals surface area contributed by atoms with Crippen molar-refractivity contribution in [2.75, 3.05) is 0 Å². The van der Waals surface area contributed by atoms with Gasteiger partial charge in [-0.15, -0.1) is 0 Å². The number of hydrogen-bond acceptors (Lipinski definition) is 3. The predicted molar refractivity (Wildman–Crippen MR) is 103 cm³/mol. The van der Waals surface area contributed by atoms with Crippen LogP contribution in [0.3, 0.4) is 0 Å². The third-order valence-electron chi connectivity index (χ3n) is 4.53. The Hall–Kier alpha value is 0.114. The molecule has 0 aliphatic carbocycles. The molecule has 1 saturated heterocycles. The zero-order valence-corrected chi connectivity index (χ0v) is 20.0. The molecule has 0 N–H and O–H groups in total. The molecule has 124 valence electrons. The molecule has 22 heavy (non-hydrogen) atoms. The van der Waals surface area contributed by atoms with Gasteiger partial charge in [-0.05, 0) is 0 Å². The molecule has 1 aliphatic heterocycles. The number of rotatable bonds is 5. The van der Waals surface area contributed by atoms with Crippen LogP contribution in [0, 0.1) is 10.3 Å². The SMILES string of the molecule is C=C[Si]1(C)O[Si](C)(C#[C][Ge]([CH2]C)([CH2]C)[CH2]C)O[Si](C)(C=C)O1. The summed E-state index contributed by atoms with van der Waals surface area (Å²) < 4.78 is 22.4. The van der Waals surface area contributed by atoms with Gasteiger partial charge in [0.25, 0.3) is 0 Å². The average Bonchev–Trinajstić information content (AvgIpc) is 2.48. The van der Waals surface area contributed by atoms with E-state index in [1.165, 1.54) is 15.8 Å². The van der Waals surface area contributed by atoms with E-state index in [9.17, 15) is 0 Å². The molecule has 3 nitrogen and oxygen atoms in total. The maximum absolute atomic E-state index is 6.30. The van der Waals surface area contributed by atoms with Gasteiger partial charge < -0.3 is 0 Å². The molecule has 7 heteroatoms. The van der Waals surface area contributed by atoms with Crippen LogP contribution in [0.4, 0.5) is 0 Å². The first-order chi connectivity index (χ1) is 10.1. The van der Waals surface area contributed by atoms with E-state index in [0.29, 0.717) is 0 Å². The van der Waals surface area contributed by atoms with Crippen molar-refractivity contribution in [1.29, 1.82) is 0 Å². The fourth-order valence-corrected chi connectivity index (χ4v) is 23.3. The molecule has 2 atom stereocenters. The van der Waals surface area contributed by atoms with Crippen LogP contribution in [-0.4, -0.2) is 38.9 Å². The van der Waals surface area contributed by atoms with E-state index in [1.54, 1.807) is 0 Å². The Morgan fingerprint density at radius 1 is 0.864 bits per heavy atom. The van der Waals surface area contributed by atoms with E-state index in [2.05, 4.69) is 50.8 Å². The third-order valence-corrected chi connectivity index (χ3v) is 26.6. The van der Waals surface area contributed by atoms with E-state index in [0.717, 1.165) is 0 Å². The van der Waals surface area contributed by atoms with Crippen LogP contribution in [-0.2, 0) is 12.3 Å². The Balaban J connectivity index is 3.21. The van der Waals surface area contributed by atoms with E-state index >= 15 is 0 Å². The molecule has 0 spiro atoms. The molecule has 1 heterocycles. The van der Waals surface area contributed by atoms with E-state index in [-0.39, 0.29) is 0 Å². The van der Waals surface area contributed by atoms with Crippen LogP contribution in [0.1, 0.15) is 20.8 Å². The maximum atomic E-state index is 6.30. The minimum absolute atomic E-state index is 1.23. The summed E-state index contributed by atoms with van der Waals surface area (Å²) in [6.07, 6.45) is 0. The van der Waals surface area contributed by atoms with Crippen LogP contribution in [0.25, 0.3) is 0 Å². The zero-order chi connectivity index (χ0) is 17.1. The summed E-state index contributed by atoms with van der Waals surface area (Å²) in [5.41, 5.74) is 7.17. The molecule has 1 rings (SSSR count). The summed E-state index contributed by atoms with van der Waals surface area (Å²) in [5.74, 6) is 0. The molecule has 0 radical (unpaired) electrons. The van der Waals surface area contributed by atoms with Crippen molar-refractivity contribution >= 4 is 38.9 Å². The van der Waals surface area contributed by atoms with E-state index in [4.69, 9.17) is 12.3 Å². The molecule has 0 aromatic carbocycles. The third kappa shape index (κ3) is 4.57. The Morgan fingerprint density at radius 2 is 1.27 bits per heavy atom. The van der Waals surface area contributed by atoms with Gasteiger partial charge in [-0.2, -0.15) is 0 Å². The minimum atomic E-state index is -2.57. The van der Waals surface area contributed by atoms with Crippen molar-refractivity contribution in [2.45, 2.75) is 56.2 Å². The van der Waals surface area contributed by atoms with Crippen LogP contribution >= 0.6 is 0 Å². The summed E-state index contributed by atoms with van der Waals surface area (Å²) in [7, 11) is -7.41. The summed E-state index contributed by atoms with van der Waals surface area (Å²) >= 11 is -2.06. The van der Waals surface area contributed by atoms with E-state index < -0.39 is 38.9 Å². The Morgan fingerprint density at radius 3 is 1.59 bits per heavy atom. The van der Waals surface area contributed by atoms with Crippen molar-refractivity contribution in [3.05, 3.63) is 24.6 Å². The Labute approximate surface area is 142 Å². The summed E-state index contributed by atoms with van der Waals surface area (Å²) in [6.45, 7) is 20.8. The van der Waals surface area contributed by atoms with Crippen molar-refractivity contribution in [3.63, 3.8) is 0 Å². The quantitative estimate of drug-likeness (QED) is 0.495. The molecule has 0 aromatic rings. The molecule has 0 aromatic heterocycles. The van der Waals surface area contributed by atoms with Crippen LogP contribution < -0.4 is 0 Å². The summed E-state index contributed by atoms with van der Waals surface area (Å²) in [5, 5.41) is 3.69. The predicted octanol–water partition coefficient (Wildman–Crippen LogP) is 4.31. The van der Waals surface area contributed by atoms with Crippen LogP contribution in [0.15, 0.2) is 24.6 Å². The van der Waals surface area contributed by atoms with Crippen molar-refractivity contribution < 1.29 is 12.3 Å². The first kappa shape index (κ1) is 20.2. The second kappa shape index (κ2) is 7.34. The second-order valence-corrected chi connectivity index (χ2v) is 26.1. The van der Waals surface area contributed by atoms with Gasteiger partial charge in [0.1, 0.15) is 0 Å². The van der Waals surface area contributed by atoms with Gasteiger partial charge in [0.15, 0.2) is 0 Å². The topological polar surface area (TPSA) is 27.7 Å². The van der Waals surface area contributed by atoms with Gasteiger partial charge in [0.05, 0.1) is 0 Å².